The third-order valence-corrected chi connectivity index (χ3v) is 6.48. The molecule has 2 amide bonds. The van der Waals surface area contributed by atoms with E-state index in [9.17, 15) is 9.59 Å². The van der Waals surface area contributed by atoms with Crippen LogP contribution in [0.1, 0.15) is 61.0 Å². The Hall–Kier alpha value is -3.12. The van der Waals surface area contributed by atoms with Crippen LogP contribution in [-0.2, 0) is 11.3 Å². The van der Waals surface area contributed by atoms with Gasteiger partial charge in [-0.05, 0) is 53.1 Å². The SMILES string of the molecule is CC(c1ccccc1)N(Cc1cc(NC(=O)CC(C)(C)C)ccc1N(C)C)C(=O)c1cccs1. The Balaban J connectivity index is 1.96. The number of rotatable bonds is 8. The molecule has 2 aromatic carbocycles. The number of anilines is 2. The van der Waals surface area contributed by atoms with Crippen molar-refractivity contribution in [1.82, 2.24) is 4.90 Å². The third kappa shape index (κ3) is 6.70. The average molecular weight is 478 g/mol. The quantitative estimate of drug-likeness (QED) is 0.398. The topological polar surface area (TPSA) is 52.7 Å². The molecule has 0 spiro atoms. The van der Waals surface area contributed by atoms with Crippen molar-refractivity contribution in [3.8, 4) is 0 Å². The van der Waals surface area contributed by atoms with Crippen LogP contribution in [0.15, 0.2) is 66.0 Å². The smallest absolute Gasteiger partial charge is 0.264 e. The van der Waals surface area contributed by atoms with E-state index in [1.54, 1.807) is 0 Å². The van der Waals surface area contributed by atoms with E-state index in [1.165, 1.54) is 11.3 Å². The Kier molecular flexibility index (Phi) is 8.15. The second-order valence-corrected chi connectivity index (χ2v) is 11.0. The van der Waals surface area contributed by atoms with Gasteiger partial charge in [-0.2, -0.15) is 0 Å². The molecule has 180 valence electrons. The van der Waals surface area contributed by atoms with E-state index in [0.717, 1.165) is 22.5 Å². The van der Waals surface area contributed by atoms with Gasteiger partial charge in [0.15, 0.2) is 0 Å². The molecule has 1 atom stereocenters. The van der Waals surface area contributed by atoms with Gasteiger partial charge in [0.2, 0.25) is 5.91 Å². The fourth-order valence-corrected chi connectivity index (χ4v) is 4.61. The van der Waals surface area contributed by atoms with Crippen LogP contribution in [0.4, 0.5) is 11.4 Å². The first kappa shape index (κ1) is 25.5. The summed E-state index contributed by atoms with van der Waals surface area (Å²) in [5.41, 5.74) is 3.72. The van der Waals surface area contributed by atoms with Crippen LogP contribution in [0.5, 0.6) is 0 Å². The molecule has 0 fully saturated rings. The van der Waals surface area contributed by atoms with Gasteiger partial charge in [-0.1, -0.05) is 57.2 Å². The summed E-state index contributed by atoms with van der Waals surface area (Å²) in [7, 11) is 3.98. The van der Waals surface area contributed by atoms with E-state index in [-0.39, 0.29) is 23.3 Å². The normalized spacial score (nSPS) is 12.2. The van der Waals surface area contributed by atoms with Gasteiger partial charge in [0.1, 0.15) is 0 Å². The minimum atomic E-state index is -0.120. The van der Waals surface area contributed by atoms with E-state index < -0.39 is 0 Å². The van der Waals surface area contributed by atoms with Gasteiger partial charge >= 0.3 is 0 Å². The second-order valence-electron chi connectivity index (χ2n) is 10.0. The van der Waals surface area contributed by atoms with Crippen LogP contribution in [-0.4, -0.2) is 30.8 Å². The molecule has 0 radical (unpaired) electrons. The number of amides is 2. The molecule has 1 unspecified atom stereocenters. The van der Waals surface area contributed by atoms with Crippen LogP contribution < -0.4 is 10.2 Å². The van der Waals surface area contributed by atoms with Gasteiger partial charge in [-0.3, -0.25) is 9.59 Å². The Bertz CT molecular complexity index is 1100. The zero-order valence-electron chi connectivity index (χ0n) is 21.0. The van der Waals surface area contributed by atoms with E-state index in [4.69, 9.17) is 0 Å². The van der Waals surface area contributed by atoms with Crippen molar-refractivity contribution in [2.24, 2.45) is 5.41 Å². The number of nitrogens with zero attached hydrogens (tertiary/aromatic N) is 2. The van der Waals surface area contributed by atoms with Crippen molar-refractivity contribution in [3.05, 3.63) is 82.0 Å². The van der Waals surface area contributed by atoms with Crippen LogP contribution in [0.25, 0.3) is 0 Å². The van der Waals surface area contributed by atoms with Gasteiger partial charge < -0.3 is 15.1 Å². The highest BCUT2D eigenvalue weighted by Gasteiger charge is 2.25. The summed E-state index contributed by atoms with van der Waals surface area (Å²) in [6.07, 6.45) is 0.436. The summed E-state index contributed by atoms with van der Waals surface area (Å²) >= 11 is 1.45. The van der Waals surface area contributed by atoms with Gasteiger partial charge in [0.05, 0.1) is 10.9 Å². The van der Waals surface area contributed by atoms with Crippen molar-refractivity contribution in [2.75, 3.05) is 24.3 Å². The molecule has 0 saturated heterocycles. The molecule has 3 rings (SSSR count). The number of benzene rings is 2. The molecule has 3 aromatic rings. The van der Waals surface area contributed by atoms with Crippen LogP contribution >= 0.6 is 11.3 Å². The lowest BCUT2D eigenvalue weighted by molar-refractivity contribution is -0.117. The molecule has 0 saturated carbocycles. The molecular weight excluding hydrogens is 442 g/mol. The summed E-state index contributed by atoms with van der Waals surface area (Å²) in [6.45, 7) is 8.62. The van der Waals surface area contributed by atoms with Crippen molar-refractivity contribution >= 4 is 34.5 Å². The molecule has 0 aliphatic heterocycles. The monoisotopic (exact) mass is 477 g/mol. The molecule has 0 bridgehead atoms. The number of carbonyl (C=O) groups excluding carboxylic acids is 2. The maximum atomic E-state index is 13.6. The first-order valence-corrected chi connectivity index (χ1v) is 12.4. The highest BCUT2D eigenvalue weighted by Crippen LogP contribution is 2.31. The lowest BCUT2D eigenvalue weighted by Crippen LogP contribution is -2.33. The molecule has 34 heavy (non-hydrogen) atoms. The molecule has 1 aromatic heterocycles. The Labute approximate surface area is 207 Å². The fourth-order valence-electron chi connectivity index (χ4n) is 3.93. The molecule has 5 nitrogen and oxygen atoms in total. The molecule has 6 heteroatoms. The van der Waals surface area contributed by atoms with Crippen LogP contribution in [0, 0.1) is 5.41 Å². The molecule has 1 heterocycles. The first-order chi connectivity index (χ1) is 16.0. The van der Waals surface area contributed by atoms with Gasteiger partial charge in [-0.15, -0.1) is 11.3 Å². The molecule has 0 aliphatic carbocycles. The Morgan fingerprint density at radius 1 is 1.00 bits per heavy atom. The summed E-state index contributed by atoms with van der Waals surface area (Å²) in [6, 6.07) is 19.6. The molecule has 0 aliphatic rings. The number of hydrogen-bond acceptors (Lipinski definition) is 4. The van der Waals surface area contributed by atoms with Crippen molar-refractivity contribution in [2.45, 2.75) is 46.7 Å². The maximum Gasteiger partial charge on any atom is 0.264 e. The lowest BCUT2D eigenvalue weighted by atomic mass is 9.92. The van der Waals surface area contributed by atoms with Crippen molar-refractivity contribution in [3.63, 3.8) is 0 Å². The minimum absolute atomic E-state index is 0.00164. The molecule has 1 N–H and O–H groups in total. The standard InChI is InChI=1S/C28H35N3O2S/c1-20(21-11-8-7-9-12-21)31(27(33)25-13-10-16-34-25)19-22-17-23(14-15-24(22)30(5)6)29-26(32)18-28(2,3)4/h7-17,20H,18-19H2,1-6H3,(H,29,32). The van der Waals surface area contributed by atoms with E-state index in [1.807, 2.05) is 98.6 Å². The van der Waals surface area contributed by atoms with Crippen LogP contribution in [0.2, 0.25) is 0 Å². The summed E-state index contributed by atoms with van der Waals surface area (Å²) < 4.78 is 0. The zero-order chi connectivity index (χ0) is 24.9. The zero-order valence-corrected chi connectivity index (χ0v) is 21.8. The van der Waals surface area contributed by atoms with Crippen molar-refractivity contribution < 1.29 is 9.59 Å². The van der Waals surface area contributed by atoms with E-state index in [2.05, 4.69) is 24.4 Å². The van der Waals surface area contributed by atoms with E-state index in [0.29, 0.717) is 17.8 Å². The Morgan fingerprint density at radius 2 is 1.71 bits per heavy atom. The summed E-state index contributed by atoms with van der Waals surface area (Å²) in [4.78, 5) is 30.8. The highest BCUT2D eigenvalue weighted by atomic mass is 32.1. The predicted octanol–water partition coefficient (Wildman–Crippen LogP) is 6.59. The largest absolute Gasteiger partial charge is 0.377 e. The minimum Gasteiger partial charge on any atom is -0.377 e. The average Bonchev–Trinajstić information content (AvgIpc) is 3.31. The fraction of sp³-hybridized carbons (Fsp3) is 0.357. The summed E-state index contributed by atoms with van der Waals surface area (Å²) in [5.74, 6) is -0.0153. The highest BCUT2D eigenvalue weighted by molar-refractivity contribution is 7.12. The van der Waals surface area contributed by atoms with E-state index >= 15 is 0 Å². The lowest BCUT2D eigenvalue weighted by Gasteiger charge is -2.31. The number of nitrogens with one attached hydrogen (secondary N) is 1. The van der Waals surface area contributed by atoms with Crippen molar-refractivity contribution in [1.29, 1.82) is 0 Å². The molecular formula is C28H35N3O2S. The first-order valence-electron chi connectivity index (χ1n) is 11.5. The van der Waals surface area contributed by atoms with Gasteiger partial charge in [0.25, 0.3) is 5.91 Å². The third-order valence-electron chi connectivity index (χ3n) is 5.62. The Morgan fingerprint density at radius 3 is 2.29 bits per heavy atom. The predicted molar refractivity (Wildman–Crippen MR) is 143 cm³/mol. The maximum absolute atomic E-state index is 13.6. The number of thiophene rings is 1. The summed E-state index contributed by atoms with van der Waals surface area (Å²) in [5, 5.41) is 4.96. The number of hydrogen-bond donors (Lipinski definition) is 1. The van der Waals surface area contributed by atoms with Gasteiger partial charge in [-0.25, -0.2) is 0 Å². The van der Waals surface area contributed by atoms with Crippen LogP contribution in [0.3, 0.4) is 0 Å². The van der Waals surface area contributed by atoms with Gasteiger partial charge in [0, 0.05) is 38.4 Å². The number of carbonyl (C=O) groups is 2. The second kappa shape index (κ2) is 10.9.